The molecule has 20 heavy (non-hydrogen) atoms. The lowest BCUT2D eigenvalue weighted by Crippen LogP contribution is -2.22. The fourth-order valence-electron chi connectivity index (χ4n) is 2.46. The van der Waals surface area contributed by atoms with E-state index in [-0.39, 0.29) is 0 Å². The summed E-state index contributed by atoms with van der Waals surface area (Å²) in [4.78, 5) is 10.5. The quantitative estimate of drug-likeness (QED) is 0.861. The first-order chi connectivity index (χ1) is 9.83. The first-order valence-electron chi connectivity index (χ1n) is 6.70. The molecule has 4 nitrogen and oxygen atoms in total. The Labute approximate surface area is 126 Å². The average molecular weight is 334 g/mol. The molecule has 0 N–H and O–H groups in total. The SMILES string of the molecule is Brc1cnccc1N1CCC(COc2ccncc2)C1. The predicted molar refractivity (Wildman–Crippen MR) is 82.0 cm³/mol. The van der Waals surface area contributed by atoms with E-state index in [4.69, 9.17) is 4.74 Å². The summed E-state index contributed by atoms with van der Waals surface area (Å²) in [6.45, 7) is 2.84. The number of hydrogen-bond donors (Lipinski definition) is 0. The first-order valence-corrected chi connectivity index (χ1v) is 7.49. The van der Waals surface area contributed by atoms with Gasteiger partial charge in [-0.25, -0.2) is 0 Å². The molecule has 5 heteroatoms. The van der Waals surface area contributed by atoms with E-state index in [0.29, 0.717) is 5.92 Å². The van der Waals surface area contributed by atoms with Gasteiger partial charge in [-0.3, -0.25) is 9.97 Å². The second-order valence-corrected chi connectivity index (χ2v) is 5.78. The van der Waals surface area contributed by atoms with Gasteiger partial charge in [0.25, 0.3) is 0 Å². The van der Waals surface area contributed by atoms with Gasteiger partial charge in [-0.15, -0.1) is 0 Å². The highest BCUT2D eigenvalue weighted by Gasteiger charge is 2.24. The fraction of sp³-hybridized carbons (Fsp3) is 0.333. The minimum absolute atomic E-state index is 0.559. The molecule has 0 bridgehead atoms. The van der Waals surface area contributed by atoms with E-state index in [1.807, 2.05) is 24.5 Å². The maximum Gasteiger partial charge on any atom is 0.122 e. The van der Waals surface area contributed by atoms with Crippen LogP contribution in [0.25, 0.3) is 0 Å². The molecule has 1 fully saturated rings. The van der Waals surface area contributed by atoms with Crippen molar-refractivity contribution >= 4 is 21.6 Å². The van der Waals surface area contributed by atoms with E-state index in [0.717, 1.165) is 36.3 Å². The molecule has 104 valence electrons. The molecular weight excluding hydrogens is 318 g/mol. The normalized spacial score (nSPS) is 18.2. The van der Waals surface area contributed by atoms with Gasteiger partial charge in [0.15, 0.2) is 0 Å². The van der Waals surface area contributed by atoms with Gasteiger partial charge in [0.05, 0.1) is 16.8 Å². The Bertz CT molecular complexity index is 564. The summed E-state index contributed by atoms with van der Waals surface area (Å²) >= 11 is 3.56. The van der Waals surface area contributed by atoms with Crippen molar-refractivity contribution in [2.45, 2.75) is 6.42 Å². The molecule has 3 heterocycles. The zero-order valence-electron chi connectivity index (χ0n) is 11.1. The highest BCUT2D eigenvalue weighted by atomic mass is 79.9. The van der Waals surface area contributed by atoms with Crippen LogP contribution in [0.5, 0.6) is 5.75 Å². The summed E-state index contributed by atoms with van der Waals surface area (Å²) in [5.41, 5.74) is 1.21. The van der Waals surface area contributed by atoms with Crippen LogP contribution in [-0.4, -0.2) is 29.7 Å². The Morgan fingerprint density at radius 3 is 2.80 bits per heavy atom. The topological polar surface area (TPSA) is 38.2 Å². The highest BCUT2D eigenvalue weighted by Crippen LogP contribution is 2.29. The van der Waals surface area contributed by atoms with Gasteiger partial charge in [-0.05, 0) is 40.5 Å². The van der Waals surface area contributed by atoms with E-state index in [2.05, 4.69) is 36.9 Å². The third-order valence-corrected chi connectivity index (χ3v) is 4.12. The molecule has 1 unspecified atom stereocenters. The van der Waals surface area contributed by atoms with E-state index < -0.39 is 0 Å². The Hall–Kier alpha value is -1.62. The van der Waals surface area contributed by atoms with Crippen molar-refractivity contribution in [3.05, 3.63) is 47.5 Å². The zero-order chi connectivity index (χ0) is 13.8. The van der Waals surface area contributed by atoms with Crippen LogP contribution in [-0.2, 0) is 0 Å². The molecular formula is C15H16BrN3O. The number of rotatable bonds is 4. The van der Waals surface area contributed by atoms with E-state index >= 15 is 0 Å². The van der Waals surface area contributed by atoms with Gasteiger partial charge in [0.2, 0.25) is 0 Å². The first kappa shape index (κ1) is 13.4. The molecule has 0 spiro atoms. The van der Waals surface area contributed by atoms with Crippen molar-refractivity contribution < 1.29 is 4.74 Å². The summed E-state index contributed by atoms with van der Waals surface area (Å²) in [7, 11) is 0. The maximum atomic E-state index is 5.81. The molecule has 1 aliphatic rings. The molecule has 0 saturated carbocycles. The summed E-state index contributed by atoms with van der Waals surface area (Å²) in [6.07, 6.45) is 8.34. The molecule has 3 rings (SSSR count). The molecule has 2 aromatic heterocycles. The van der Waals surface area contributed by atoms with Crippen molar-refractivity contribution in [1.82, 2.24) is 9.97 Å². The molecule has 0 radical (unpaired) electrons. The third-order valence-electron chi connectivity index (χ3n) is 3.51. The lowest BCUT2D eigenvalue weighted by molar-refractivity contribution is 0.261. The number of aromatic nitrogens is 2. The van der Waals surface area contributed by atoms with Crippen LogP contribution in [0, 0.1) is 5.92 Å². The largest absolute Gasteiger partial charge is 0.493 e. The summed E-state index contributed by atoms with van der Waals surface area (Å²) in [5, 5.41) is 0. The monoisotopic (exact) mass is 333 g/mol. The Balaban J connectivity index is 1.56. The molecule has 1 aliphatic heterocycles. The Kier molecular flexibility index (Phi) is 4.16. The number of ether oxygens (including phenoxy) is 1. The van der Waals surface area contributed by atoms with Gasteiger partial charge in [0, 0.05) is 43.8 Å². The van der Waals surface area contributed by atoms with Crippen molar-refractivity contribution in [1.29, 1.82) is 0 Å². The summed E-state index contributed by atoms with van der Waals surface area (Å²) in [6, 6.07) is 5.84. The molecule has 0 amide bonds. The average Bonchev–Trinajstić information content (AvgIpc) is 2.95. The van der Waals surface area contributed by atoms with Crippen LogP contribution in [0.2, 0.25) is 0 Å². The second kappa shape index (κ2) is 6.22. The fourth-order valence-corrected chi connectivity index (χ4v) is 2.96. The van der Waals surface area contributed by atoms with E-state index in [1.165, 1.54) is 5.69 Å². The number of hydrogen-bond acceptors (Lipinski definition) is 4. The van der Waals surface area contributed by atoms with Crippen LogP contribution >= 0.6 is 15.9 Å². The predicted octanol–water partition coefficient (Wildman–Crippen LogP) is 3.14. The highest BCUT2D eigenvalue weighted by molar-refractivity contribution is 9.10. The maximum absolute atomic E-state index is 5.81. The zero-order valence-corrected chi connectivity index (χ0v) is 12.7. The van der Waals surface area contributed by atoms with Crippen LogP contribution in [0.4, 0.5) is 5.69 Å². The van der Waals surface area contributed by atoms with Crippen molar-refractivity contribution in [3.8, 4) is 5.75 Å². The van der Waals surface area contributed by atoms with Crippen molar-refractivity contribution in [3.63, 3.8) is 0 Å². The van der Waals surface area contributed by atoms with Crippen molar-refractivity contribution in [2.24, 2.45) is 5.92 Å². The lowest BCUT2D eigenvalue weighted by Gasteiger charge is -2.20. The third kappa shape index (κ3) is 3.10. The Morgan fingerprint density at radius 1 is 1.20 bits per heavy atom. The molecule has 1 saturated heterocycles. The van der Waals surface area contributed by atoms with Crippen LogP contribution in [0.3, 0.4) is 0 Å². The van der Waals surface area contributed by atoms with Crippen molar-refractivity contribution in [2.75, 3.05) is 24.6 Å². The number of nitrogens with zero attached hydrogens (tertiary/aromatic N) is 3. The molecule has 1 atom stereocenters. The molecule has 2 aromatic rings. The lowest BCUT2D eigenvalue weighted by atomic mass is 10.1. The van der Waals surface area contributed by atoms with E-state index in [1.54, 1.807) is 12.4 Å². The van der Waals surface area contributed by atoms with Crippen LogP contribution in [0.1, 0.15) is 6.42 Å². The number of anilines is 1. The van der Waals surface area contributed by atoms with Gasteiger partial charge >= 0.3 is 0 Å². The summed E-state index contributed by atoms with van der Waals surface area (Å²) < 4.78 is 6.87. The van der Waals surface area contributed by atoms with Crippen LogP contribution in [0.15, 0.2) is 47.5 Å². The minimum Gasteiger partial charge on any atom is -0.493 e. The summed E-state index contributed by atoms with van der Waals surface area (Å²) in [5.74, 6) is 1.45. The van der Waals surface area contributed by atoms with Crippen LogP contribution < -0.4 is 9.64 Å². The van der Waals surface area contributed by atoms with Gasteiger partial charge < -0.3 is 9.64 Å². The van der Waals surface area contributed by atoms with Gasteiger partial charge in [0.1, 0.15) is 5.75 Å². The number of halogens is 1. The van der Waals surface area contributed by atoms with Gasteiger partial charge in [-0.2, -0.15) is 0 Å². The smallest absolute Gasteiger partial charge is 0.122 e. The second-order valence-electron chi connectivity index (χ2n) is 4.92. The molecule has 0 aliphatic carbocycles. The number of pyridine rings is 2. The molecule has 0 aromatic carbocycles. The minimum atomic E-state index is 0.559. The van der Waals surface area contributed by atoms with E-state index in [9.17, 15) is 0 Å². The van der Waals surface area contributed by atoms with Gasteiger partial charge in [-0.1, -0.05) is 0 Å². The Morgan fingerprint density at radius 2 is 2.00 bits per heavy atom. The standard InChI is InChI=1S/C15H16BrN3O/c16-14-9-18-7-3-15(14)19-8-4-12(10-19)11-20-13-1-5-17-6-2-13/h1-3,5-7,9,12H,4,8,10-11H2.